The molecule has 0 atom stereocenters. The van der Waals surface area contributed by atoms with Crippen molar-refractivity contribution in [2.24, 2.45) is 0 Å². The van der Waals surface area contributed by atoms with Crippen molar-refractivity contribution in [1.29, 1.82) is 0 Å². The summed E-state index contributed by atoms with van der Waals surface area (Å²) in [6.45, 7) is 2.39. The third-order valence-electron chi connectivity index (χ3n) is 4.10. The molecule has 0 bridgehead atoms. The minimum atomic E-state index is -3.64. The first-order chi connectivity index (χ1) is 12.4. The van der Waals surface area contributed by atoms with Gasteiger partial charge >= 0.3 is 0 Å². The Kier molecular flexibility index (Phi) is 5.50. The van der Waals surface area contributed by atoms with Crippen molar-refractivity contribution in [3.05, 3.63) is 53.1 Å². The van der Waals surface area contributed by atoms with E-state index in [2.05, 4.69) is 4.72 Å². The fourth-order valence-electron chi connectivity index (χ4n) is 2.86. The first kappa shape index (κ1) is 18.7. The van der Waals surface area contributed by atoms with Crippen LogP contribution in [0.1, 0.15) is 12.5 Å². The molecule has 0 saturated carbocycles. The number of carbonyl (C=O) groups is 1. The van der Waals surface area contributed by atoms with Crippen molar-refractivity contribution in [2.75, 3.05) is 24.6 Å². The number of nitrogens with one attached hydrogen (secondary N) is 1. The number of anilines is 1. The second kappa shape index (κ2) is 7.65. The number of hydrogen-bond acceptors (Lipinski definition) is 4. The first-order valence-corrected chi connectivity index (χ1v) is 10.0. The lowest BCUT2D eigenvalue weighted by Gasteiger charge is -2.15. The van der Waals surface area contributed by atoms with E-state index in [1.807, 2.05) is 0 Å². The standard InChI is InChI=1S/C18H19ClN2O4S/c1-13(22)21-9-7-14-11-17(5-6-18(14)21)26(23,24)20-8-10-25-16-4-2-3-15(19)12-16/h2-6,11-12,20H,7-10H2,1H3. The highest BCUT2D eigenvalue weighted by Crippen LogP contribution is 2.30. The van der Waals surface area contributed by atoms with Crippen LogP contribution < -0.4 is 14.4 Å². The Labute approximate surface area is 157 Å². The predicted octanol–water partition coefficient (Wildman–Crippen LogP) is 2.61. The Hall–Kier alpha value is -2.09. The van der Waals surface area contributed by atoms with E-state index in [4.69, 9.17) is 16.3 Å². The quantitative estimate of drug-likeness (QED) is 0.764. The summed E-state index contributed by atoms with van der Waals surface area (Å²) in [7, 11) is -3.64. The zero-order chi connectivity index (χ0) is 18.7. The summed E-state index contributed by atoms with van der Waals surface area (Å²) in [5.41, 5.74) is 1.64. The molecule has 0 unspecified atom stereocenters. The van der Waals surface area contributed by atoms with E-state index in [0.717, 1.165) is 11.3 Å². The number of carbonyl (C=O) groups excluding carboxylic acids is 1. The summed E-state index contributed by atoms with van der Waals surface area (Å²) >= 11 is 5.87. The number of fused-ring (bicyclic) bond motifs is 1. The Morgan fingerprint density at radius 3 is 2.81 bits per heavy atom. The molecule has 2 aromatic carbocycles. The summed E-state index contributed by atoms with van der Waals surface area (Å²) < 4.78 is 32.9. The number of hydrogen-bond donors (Lipinski definition) is 1. The van der Waals surface area contributed by atoms with Gasteiger partial charge in [-0.05, 0) is 48.4 Å². The highest BCUT2D eigenvalue weighted by molar-refractivity contribution is 7.89. The van der Waals surface area contributed by atoms with E-state index in [1.165, 1.54) is 13.0 Å². The van der Waals surface area contributed by atoms with Crippen LogP contribution in [0.2, 0.25) is 5.02 Å². The molecule has 1 aliphatic rings. The molecule has 1 amide bonds. The zero-order valence-electron chi connectivity index (χ0n) is 14.2. The zero-order valence-corrected chi connectivity index (χ0v) is 15.8. The van der Waals surface area contributed by atoms with Crippen LogP contribution in [0.3, 0.4) is 0 Å². The van der Waals surface area contributed by atoms with E-state index >= 15 is 0 Å². The smallest absolute Gasteiger partial charge is 0.240 e. The van der Waals surface area contributed by atoms with Crippen molar-refractivity contribution in [3.63, 3.8) is 0 Å². The number of sulfonamides is 1. The molecule has 2 aromatic rings. The highest BCUT2D eigenvalue weighted by atomic mass is 35.5. The van der Waals surface area contributed by atoms with Gasteiger partial charge in [0.2, 0.25) is 15.9 Å². The molecule has 8 heteroatoms. The van der Waals surface area contributed by atoms with Crippen molar-refractivity contribution in [1.82, 2.24) is 4.72 Å². The van der Waals surface area contributed by atoms with Crippen molar-refractivity contribution >= 4 is 33.2 Å². The molecule has 0 spiro atoms. The van der Waals surface area contributed by atoms with Gasteiger partial charge in [0.25, 0.3) is 0 Å². The van der Waals surface area contributed by atoms with Gasteiger partial charge in [-0.15, -0.1) is 0 Å². The molecule has 1 N–H and O–H groups in total. The lowest BCUT2D eigenvalue weighted by molar-refractivity contribution is -0.116. The normalized spacial score (nSPS) is 13.5. The second-order valence-electron chi connectivity index (χ2n) is 5.91. The molecule has 138 valence electrons. The number of benzene rings is 2. The monoisotopic (exact) mass is 394 g/mol. The maximum atomic E-state index is 12.4. The largest absolute Gasteiger partial charge is 0.492 e. The molecule has 1 heterocycles. The third kappa shape index (κ3) is 4.17. The molecule has 3 rings (SSSR count). The number of halogens is 1. The molecule has 0 aromatic heterocycles. The summed E-state index contributed by atoms with van der Waals surface area (Å²) in [6, 6.07) is 11.7. The van der Waals surface area contributed by atoms with Crippen LogP contribution in [0.15, 0.2) is 47.4 Å². The number of nitrogens with zero attached hydrogens (tertiary/aromatic N) is 1. The minimum absolute atomic E-state index is 0.0457. The van der Waals surface area contributed by atoms with Crippen LogP contribution in [-0.2, 0) is 21.2 Å². The van der Waals surface area contributed by atoms with Gasteiger partial charge in [-0.2, -0.15) is 0 Å². The third-order valence-corrected chi connectivity index (χ3v) is 5.79. The average molecular weight is 395 g/mol. The molecular formula is C18H19ClN2O4S. The van der Waals surface area contributed by atoms with Gasteiger partial charge in [-0.25, -0.2) is 13.1 Å². The first-order valence-electron chi connectivity index (χ1n) is 8.16. The average Bonchev–Trinajstić information content (AvgIpc) is 3.02. The summed E-state index contributed by atoms with van der Waals surface area (Å²) in [5.74, 6) is 0.536. The number of ether oxygens (including phenoxy) is 1. The van der Waals surface area contributed by atoms with Crippen molar-refractivity contribution in [3.8, 4) is 5.75 Å². The lowest BCUT2D eigenvalue weighted by Crippen LogP contribution is -2.28. The van der Waals surface area contributed by atoms with E-state index in [9.17, 15) is 13.2 Å². The SMILES string of the molecule is CC(=O)N1CCc2cc(S(=O)(=O)NCCOc3cccc(Cl)c3)ccc21. The molecular weight excluding hydrogens is 376 g/mol. The van der Waals surface area contributed by atoms with Gasteiger partial charge in [0.15, 0.2) is 0 Å². The number of rotatable bonds is 6. The van der Waals surface area contributed by atoms with Crippen LogP contribution in [0.5, 0.6) is 5.75 Å². The Morgan fingerprint density at radius 2 is 2.08 bits per heavy atom. The van der Waals surface area contributed by atoms with Gasteiger partial charge in [-0.3, -0.25) is 4.79 Å². The van der Waals surface area contributed by atoms with Gasteiger partial charge in [-0.1, -0.05) is 17.7 Å². The second-order valence-corrected chi connectivity index (χ2v) is 8.12. The summed E-state index contributed by atoms with van der Waals surface area (Å²) in [5, 5.41) is 0.556. The van der Waals surface area contributed by atoms with Gasteiger partial charge in [0, 0.05) is 30.7 Å². The predicted molar refractivity (Wildman–Crippen MR) is 100 cm³/mol. The van der Waals surface area contributed by atoms with Crippen molar-refractivity contribution in [2.45, 2.75) is 18.2 Å². The van der Waals surface area contributed by atoms with E-state index in [-0.39, 0.29) is 24.0 Å². The Balaban J connectivity index is 1.61. The molecule has 6 nitrogen and oxygen atoms in total. The van der Waals surface area contributed by atoms with Crippen LogP contribution in [-0.4, -0.2) is 34.0 Å². The van der Waals surface area contributed by atoms with Crippen LogP contribution in [0.25, 0.3) is 0 Å². The number of amides is 1. The maximum Gasteiger partial charge on any atom is 0.240 e. The topological polar surface area (TPSA) is 75.7 Å². The Morgan fingerprint density at radius 1 is 1.27 bits per heavy atom. The fourth-order valence-corrected chi connectivity index (χ4v) is 4.10. The van der Waals surface area contributed by atoms with Gasteiger partial charge in [0.05, 0.1) is 4.90 Å². The van der Waals surface area contributed by atoms with E-state index < -0.39 is 10.0 Å². The van der Waals surface area contributed by atoms with E-state index in [0.29, 0.717) is 23.7 Å². The van der Waals surface area contributed by atoms with Gasteiger partial charge < -0.3 is 9.64 Å². The maximum absolute atomic E-state index is 12.4. The highest BCUT2D eigenvalue weighted by Gasteiger charge is 2.24. The van der Waals surface area contributed by atoms with Gasteiger partial charge in [0.1, 0.15) is 12.4 Å². The summed E-state index contributed by atoms with van der Waals surface area (Å²) in [4.78, 5) is 13.4. The molecule has 26 heavy (non-hydrogen) atoms. The Bertz CT molecular complexity index is 931. The summed E-state index contributed by atoms with van der Waals surface area (Å²) in [6.07, 6.45) is 0.649. The molecule has 0 saturated heterocycles. The van der Waals surface area contributed by atoms with E-state index in [1.54, 1.807) is 41.3 Å². The lowest BCUT2D eigenvalue weighted by atomic mass is 10.2. The van der Waals surface area contributed by atoms with Crippen molar-refractivity contribution < 1.29 is 17.9 Å². The fraction of sp³-hybridized carbons (Fsp3) is 0.278. The molecule has 0 fully saturated rings. The van der Waals surface area contributed by atoms with Crippen LogP contribution in [0.4, 0.5) is 5.69 Å². The van der Waals surface area contributed by atoms with Crippen LogP contribution in [0, 0.1) is 0 Å². The molecule has 0 radical (unpaired) electrons. The molecule has 0 aliphatic carbocycles. The minimum Gasteiger partial charge on any atom is -0.492 e. The molecule has 1 aliphatic heterocycles. The van der Waals surface area contributed by atoms with Crippen LogP contribution >= 0.6 is 11.6 Å².